The fourth-order valence-electron chi connectivity index (χ4n) is 2.81. The van der Waals surface area contributed by atoms with E-state index in [1.54, 1.807) is 8.61 Å². The van der Waals surface area contributed by atoms with E-state index in [0.717, 1.165) is 19.3 Å². The molecule has 2 aliphatic rings. The van der Waals surface area contributed by atoms with Crippen LogP contribution in [-0.2, 0) is 10.2 Å². The van der Waals surface area contributed by atoms with Crippen molar-refractivity contribution < 1.29 is 8.42 Å². The van der Waals surface area contributed by atoms with Crippen molar-refractivity contribution in [3.8, 4) is 0 Å². The quantitative estimate of drug-likeness (QED) is 0.730. The van der Waals surface area contributed by atoms with Crippen molar-refractivity contribution in [3.63, 3.8) is 0 Å². The zero-order valence-corrected chi connectivity index (χ0v) is 12.8. The van der Waals surface area contributed by atoms with Crippen molar-refractivity contribution in [3.05, 3.63) is 0 Å². The van der Waals surface area contributed by atoms with Crippen LogP contribution in [0.15, 0.2) is 0 Å². The second-order valence-corrected chi connectivity index (χ2v) is 8.24. The molecular weight excluding hydrogens is 272 g/mol. The third-order valence-corrected chi connectivity index (χ3v) is 6.65. The summed E-state index contributed by atoms with van der Waals surface area (Å²) in [6.07, 6.45) is 2.86. The maximum Gasteiger partial charge on any atom is 0.281 e. The lowest BCUT2D eigenvalue weighted by Gasteiger charge is -2.38. The minimum Gasteiger partial charge on any atom is -0.195 e. The van der Waals surface area contributed by atoms with E-state index in [1.807, 2.05) is 6.92 Å². The average Bonchev–Trinajstić information content (AvgIpc) is 2.32. The molecule has 0 aliphatic carbocycles. The molecule has 2 heterocycles. The van der Waals surface area contributed by atoms with Gasteiger partial charge in [-0.25, -0.2) is 0 Å². The highest BCUT2D eigenvalue weighted by atomic mass is 35.5. The molecule has 3 unspecified atom stereocenters. The van der Waals surface area contributed by atoms with Crippen LogP contribution in [0.2, 0.25) is 0 Å². The van der Waals surface area contributed by atoms with Crippen LogP contribution in [0.3, 0.4) is 0 Å². The molecule has 6 heteroatoms. The summed E-state index contributed by atoms with van der Waals surface area (Å²) in [5.41, 5.74) is 0. The molecule has 0 spiro atoms. The van der Waals surface area contributed by atoms with Crippen LogP contribution in [0.1, 0.15) is 33.1 Å². The second kappa shape index (κ2) is 5.65. The lowest BCUT2D eigenvalue weighted by atomic mass is 10.0. The molecule has 106 valence electrons. The molecule has 0 aromatic heterocycles. The molecule has 0 bridgehead atoms. The number of hydrogen-bond donors (Lipinski definition) is 0. The summed E-state index contributed by atoms with van der Waals surface area (Å²) in [4.78, 5) is 0. The van der Waals surface area contributed by atoms with E-state index in [-0.39, 0.29) is 11.3 Å². The smallest absolute Gasteiger partial charge is 0.195 e. The molecule has 0 radical (unpaired) electrons. The Labute approximate surface area is 115 Å². The van der Waals surface area contributed by atoms with E-state index >= 15 is 0 Å². The van der Waals surface area contributed by atoms with Crippen molar-refractivity contribution in [1.29, 1.82) is 0 Å². The third kappa shape index (κ3) is 3.00. The molecule has 2 rings (SSSR count). The number of alkyl halides is 1. The van der Waals surface area contributed by atoms with Crippen LogP contribution in [0.5, 0.6) is 0 Å². The maximum atomic E-state index is 12.5. The maximum absolute atomic E-state index is 12.5. The second-order valence-electron chi connectivity index (χ2n) is 5.75. The first-order valence-corrected chi connectivity index (χ1v) is 8.64. The standard InChI is InChI=1S/C12H23ClN2O2S/c1-10-4-3-6-14(8-10)18(16,17)15-7-5-12(13)11(2)9-15/h10-12H,3-9H2,1-2H3. The highest BCUT2D eigenvalue weighted by molar-refractivity contribution is 7.86. The lowest BCUT2D eigenvalue weighted by Crippen LogP contribution is -2.52. The fourth-order valence-corrected chi connectivity index (χ4v) is 4.87. The summed E-state index contributed by atoms with van der Waals surface area (Å²) >= 11 is 6.16. The molecule has 4 nitrogen and oxygen atoms in total. The van der Waals surface area contributed by atoms with Gasteiger partial charge in [0.15, 0.2) is 0 Å². The van der Waals surface area contributed by atoms with E-state index in [2.05, 4.69) is 6.92 Å². The third-order valence-electron chi connectivity index (χ3n) is 4.04. The SMILES string of the molecule is CC1CCCN(S(=O)(=O)N2CCC(Cl)C(C)C2)C1. The van der Waals surface area contributed by atoms with E-state index in [1.165, 1.54) is 0 Å². The van der Waals surface area contributed by atoms with Crippen LogP contribution in [0.25, 0.3) is 0 Å². The first kappa shape index (κ1) is 14.6. The molecule has 2 saturated heterocycles. The van der Waals surface area contributed by atoms with Crippen LogP contribution in [0.4, 0.5) is 0 Å². The Morgan fingerprint density at radius 3 is 2.33 bits per heavy atom. The molecule has 0 saturated carbocycles. The summed E-state index contributed by atoms with van der Waals surface area (Å²) in [6.45, 7) is 6.60. The molecule has 0 amide bonds. The van der Waals surface area contributed by atoms with E-state index in [9.17, 15) is 8.42 Å². The summed E-state index contributed by atoms with van der Waals surface area (Å²) in [5.74, 6) is 0.703. The van der Waals surface area contributed by atoms with Gasteiger partial charge >= 0.3 is 0 Å². The number of piperidine rings is 2. The Bertz CT molecular complexity index is 388. The number of nitrogens with zero attached hydrogens (tertiary/aromatic N) is 2. The van der Waals surface area contributed by atoms with Gasteiger partial charge in [-0.15, -0.1) is 11.6 Å². The van der Waals surface area contributed by atoms with Gasteiger partial charge < -0.3 is 0 Å². The number of rotatable bonds is 2. The van der Waals surface area contributed by atoms with Gasteiger partial charge in [0, 0.05) is 31.6 Å². The van der Waals surface area contributed by atoms with Gasteiger partial charge in [0.25, 0.3) is 10.2 Å². The Morgan fingerprint density at radius 2 is 1.72 bits per heavy atom. The monoisotopic (exact) mass is 294 g/mol. The van der Waals surface area contributed by atoms with Crippen LogP contribution < -0.4 is 0 Å². The lowest BCUT2D eigenvalue weighted by molar-refractivity contribution is 0.230. The number of hydrogen-bond acceptors (Lipinski definition) is 2. The summed E-state index contributed by atoms with van der Waals surface area (Å²) in [7, 11) is -3.27. The molecule has 2 aliphatic heterocycles. The normalized spacial score (nSPS) is 36.7. The number of halogens is 1. The molecule has 0 N–H and O–H groups in total. The Kier molecular flexibility index (Phi) is 4.57. The van der Waals surface area contributed by atoms with Crippen LogP contribution >= 0.6 is 11.6 Å². The molecule has 0 aromatic rings. The minimum absolute atomic E-state index is 0.108. The largest absolute Gasteiger partial charge is 0.281 e. The van der Waals surface area contributed by atoms with Gasteiger partial charge in [-0.3, -0.25) is 0 Å². The van der Waals surface area contributed by atoms with Crippen molar-refractivity contribution in [2.24, 2.45) is 11.8 Å². The molecule has 0 aromatic carbocycles. The zero-order chi connectivity index (χ0) is 13.3. The minimum atomic E-state index is -3.27. The summed E-state index contributed by atoms with van der Waals surface area (Å²) in [6, 6.07) is 0. The molecular formula is C12H23ClN2O2S. The van der Waals surface area contributed by atoms with Gasteiger partial charge in [0.1, 0.15) is 0 Å². The van der Waals surface area contributed by atoms with E-state index in [0.29, 0.717) is 32.1 Å². The first-order chi connectivity index (χ1) is 8.41. The van der Waals surface area contributed by atoms with Gasteiger partial charge in [-0.1, -0.05) is 13.8 Å². The zero-order valence-electron chi connectivity index (χ0n) is 11.2. The first-order valence-electron chi connectivity index (χ1n) is 6.80. The van der Waals surface area contributed by atoms with E-state index in [4.69, 9.17) is 11.6 Å². The molecule has 2 fully saturated rings. The van der Waals surface area contributed by atoms with Gasteiger partial charge in [-0.05, 0) is 31.1 Å². The van der Waals surface area contributed by atoms with Gasteiger partial charge in [0.05, 0.1) is 0 Å². The van der Waals surface area contributed by atoms with Crippen molar-refractivity contribution in [2.45, 2.75) is 38.5 Å². The average molecular weight is 295 g/mol. The Morgan fingerprint density at radius 1 is 1.06 bits per heavy atom. The highest BCUT2D eigenvalue weighted by Crippen LogP contribution is 2.27. The Balaban J connectivity index is 2.06. The van der Waals surface area contributed by atoms with Crippen LogP contribution in [0, 0.1) is 11.8 Å². The predicted octanol–water partition coefficient (Wildman–Crippen LogP) is 1.91. The Hall–Kier alpha value is 0.160. The summed E-state index contributed by atoms with van der Waals surface area (Å²) < 4.78 is 28.4. The molecule has 18 heavy (non-hydrogen) atoms. The predicted molar refractivity (Wildman–Crippen MR) is 73.9 cm³/mol. The van der Waals surface area contributed by atoms with Gasteiger partial charge in [-0.2, -0.15) is 17.0 Å². The van der Waals surface area contributed by atoms with Crippen molar-refractivity contribution in [1.82, 2.24) is 8.61 Å². The highest BCUT2D eigenvalue weighted by Gasteiger charge is 2.36. The van der Waals surface area contributed by atoms with Crippen molar-refractivity contribution in [2.75, 3.05) is 26.2 Å². The summed E-state index contributed by atoms with van der Waals surface area (Å²) in [5, 5.41) is 0.108. The molecule has 3 atom stereocenters. The fraction of sp³-hybridized carbons (Fsp3) is 1.00. The topological polar surface area (TPSA) is 40.6 Å². The van der Waals surface area contributed by atoms with Gasteiger partial charge in [0.2, 0.25) is 0 Å². The van der Waals surface area contributed by atoms with Crippen LogP contribution in [-0.4, -0.2) is 48.6 Å². The van der Waals surface area contributed by atoms with E-state index < -0.39 is 10.2 Å². The van der Waals surface area contributed by atoms with Crippen molar-refractivity contribution >= 4 is 21.8 Å².